The minimum atomic E-state index is -1.03. The number of anilines is 1. The Hall–Kier alpha value is -4.20. The molecule has 0 aliphatic heterocycles. The summed E-state index contributed by atoms with van der Waals surface area (Å²) in [5, 5.41) is 18.2. The maximum atomic E-state index is 13.2. The van der Waals surface area contributed by atoms with Crippen LogP contribution in [0.4, 0.5) is 5.13 Å². The second-order valence-electron chi connectivity index (χ2n) is 19.5. The summed E-state index contributed by atoms with van der Waals surface area (Å²) in [6.07, 6.45) is 6.16. The first-order valence-electron chi connectivity index (χ1n) is 22.8. The topological polar surface area (TPSA) is 275 Å². The third kappa shape index (κ3) is 23.1. The van der Waals surface area contributed by atoms with E-state index in [9.17, 15) is 33.6 Å². The van der Waals surface area contributed by atoms with Crippen LogP contribution in [0.5, 0.6) is 0 Å². The van der Waals surface area contributed by atoms with Gasteiger partial charge >= 0.3 is 0 Å². The summed E-state index contributed by atoms with van der Waals surface area (Å²) in [5.74, 6) is -2.85. The van der Waals surface area contributed by atoms with Gasteiger partial charge in [-0.3, -0.25) is 33.6 Å². The number of fused-ring (bicyclic) bond motifs is 1. The number of ether oxygens (including phenoxy) is 2. The average molecular weight is 922 g/mol. The van der Waals surface area contributed by atoms with Crippen molar-refractivity contribution in [3.05, 3.63) is 10.6 Å². The molecule has 0 spiro atoms. The molecule has 0 aromatic carbocycles. The summed E-state index contributed by atoms with van der Waals surface area (Å²) in [6.45, 7) is 20.6. The smallest absolute Gasteiger partial charge is 0.248 e. The molecule has 19 heteroatoms. The van der Waals surface area contributed by atoms with Crippen molar-refractivity contribution < 1.29 is 43.0 Å². The third-order valence-electron chi connectivity index (χ3n) is 11.1. The van der Waals surface area contributed by atoms with Gasteiger partial charge in [-0.05, 0) is 133 Å². The fraction of sp³-hybridized carbons (Fsp3) is 0.778. The van der Waals surface area contributed by atoms with Crippen LogP contribution < -0.4 is 43.4 Å². The summed E-state index contributed by atoms with van der Waals surface area (Å²) < 4.78 is 12.1. The number of nitrogens with two attached hydrogens (primary N) is 2. The molecule has 1 aliphatic rings. The fourth-order valence-corrected chi connectivity index (χ4v) is 8.00. The molecular weight excluding hydrogens is 843 g/mol. The Balaban J connectivity index is 1.73. The number of nitrogens with zero attached hydrogens (tertiary/aromatic N) is 1. The first kappa shape index (κ1) is 55.9. The molecule has 1 aliphatic carbocycles. The number of aryl methyl sites for hydroxylation is 1. The second-order valence-corrected chi connectivity index (χ2v) is 20.6. The van der Waals surface area contributed by atoms with Gasteiger partial charge in [-0.2, -0.15) is 0 Å². The van der Waals surface area contributed by atoms with Gasteiger partial charge in [0.05, 0.1) is 16.9 Å². The van der Waals surface area contributed by atoms with Gasteiger partial charge in [0.2, 0.25) is 41.4 Å². The predicted molar refractivity (Wildman–Crippen MR) is 248 cm³/mol. The van der Waals surface area contributed by atoms with Gasteiger partial charge < -0.3 is 52.8 Å². The molecule has 0 radical (unpaired) electrons. The number of carbonyl (C=O) groups excluding carboxylic acids is 7. The number of nitrogens with one attached hydrogen (secondary N) is 6. The highest BCUT2D eigenvalue weighted by molar-refractivity contribution is 7.15. The summed E-state index contributed by atoms with van der Waals surface area (Å²) >= 11 is 1.41. The van der Waals surface area contributed by atoms with Gasteiger partial charge in [-0.25, -0.2) is 4.98 Å². The number of primary amides is 2. The zero-order valence-electron chi connectivity index (χ0n) is 40.1. The van der Waals surface area contributed by atoms with Crippen LogP contribution in [0.15, 0.2) is 0 Å². The van der Waals surface area contributed by atoms with Crippen molar-refractivity contribution in [2.75, 3.05) is 25.1 Å². The van der Waals surface area contributed by atoms with E-state index in [1.54, 1.807) is 6.92 Å². The van der Waals surface area contributed by atoms with Crippen LogP contribution >= 0.6 is 11.3 Å². The molecule has 3 unspecified atom stereocenters. The molecule has 364 valence electrons. The van der Waals surface area contributed by atoms with E-state index >= 15 is 0 Å². The molecule has 2 rings (SSSR count). The monoisotopic (exact) mass is 922 g/mol. The van der Waals surface area contributed by atoms with Crippen molar-refractivity contribution in [3.8, 4) is 0 Å². The number of hydrogen-bond acceptors (Lipinski definition) is 12. The number of carbonyl (C=O) groups is 7. The minimum absolute atomic E-state index is 0.00625. The highest BCUT2D eigenvalue weighted by Gasteiger charge is 2.30. The van der Waals surface area contributed by atoms with Crippen LogP contribution in [0.3, 0.4) is 0 Å². The SMILES string of the molecule is CCCNC1CCc2nc(NC(=O)C(CCC(N)=O)NC(=O)CCCC(=O)NC(C)C(=O)NC(C)(C)CCOC(C)(C)CCC(=O)NC(C)(C)CCOC(C)(C)CCC(N)=O)sc2C1. The number of rotatable bonds is 31. The van der Waals surface area contributed by atoms with Gasteiger partial charge in [0, 0.05) is 67.3 Å². The average Bonchev–Trinajstić information content (AvgIpc) is 3.57. The van der Waals surface area contributed by atoms with E-state index in [0.29, 0.717) is 50.1 Å². The van der Waals surface area contributed by atoms with Crippen LogP contribution in [-0.4, -0.2) is 106 Å². The van der Waals surface area contributed by atoms with Crippen molar-refractivity contribution >= 4 is 57.8 Å². The molecule has 64 heavy (non-hydrogen) atoms. The van der Waals surface area contributed by atoms with Crippen molar-refractivity contribution in [1.29, 1.82) is 0 Å². The molecule has 1 aromatic rings. The molecule has 10 N–H and O–H groups in total. The van der Waals surface area contributed by atoms with Crippen LogP contribution in [-0.2, 0) is 55.9 Å². The Morgan fingerprint density at radius 1 is 0.734 bits per heavy atom. The van der Waals surface area contributed by atoms with Crippen molar-refractivity contribution in [3.63, 3.8) is 0 Å². The lowest BCUT2D eigenvalue weighted by Gasteiger charge is -2.32. The number of amides is 7. The maximum absolute atomic E-state index is 13.2. The van der Waals surface area contributed by atoms with Gasteiger partial charge in [0.15, 0.2) is 5.13 Å². The van der Waals surface area contributed by atoms with Crippen molar-refractivity contribution in [2.24, 2.45) is 11.5 Å². The minimum Gasteiger partial charge on any atom is -0.375 e. The van der Waals surface area contributed by atoms with Crippen molar-refractivity contribution in [1.82, 2.24) is 31.6 Å². The molecule has 0 saturated heterocycles. The van der Waals surface area contributed by atoms with Crippen LogP contribution in [0.25, 0.3) is 0 Å². The van der Waals surface area contributed by atoms with Gasteiger partial charge in [0.1, 0.15) is 12.1 Å². The molecule has 1 heterocycles. The highest BCUT2D eigenvalue weighted by Crippen LogP contribution is 2.30. The molecule has 18 nitrogen and oxygen atoms in total. The van der Waals surface area contributed by atoms with Gasteiger partial charge in [-0.1, -0.05) is 6.92 Å². The van der Waals surface area contributed by atoms with Gasteiger partial charge in [-0.15, -0.1) is 11.3 Å². The third-order valence-corrected chi connectivity index (χ3v) is 12.1. The number of thiazole rings is 1. The second kappa shape index (κ2) is 26.1. The Morgan fingerprint density at radius 3 is 1.88 bits per heavy atom. The predicted octanol–water partition coefficient (Wildman–Crippen LogP) is 3.57. The number of aromatic nitrogens is 1. The van der Waals surface area contributed by atoms with E-state index in [2.05, 4.69) is 43.8 Å². The van der Waals surface area contributed by atoms with E-state index in [-0.39, 0.29) is 62.7 Å². The molecule has 0 bridgehead atoms. The maximum Gasteiger partial charge on any atom is 0.248 e. The van der Waals surface area contributed by atoms with E-state index in [0.717, 1.165) is 42.8 Å². The molecule has 3 atom stereocenters. The Bertz CT molecular complexity index is 1730. The lowest BCUT2D eigenvalue weighted by molar-refractivity contribution is -0.130. The van der Waals surface area contributed by atoms with Crippen LogP contribution in [0.1, 0.15) is 163 Å². The largest absolute Gasteiger partial charge is 0.375 e. The first-order chi connectivity index (χ1) is 29.7. The summed E-state index contributed by atoms with van der Waals surface area (Å²) in [7, 11) is 0. The molecular formula is C45H79N9O9S. The Labute approximate surface area is 384 Å². The summed E-state index contributed by atoms with van der Waals surface area (Å²) in [6, 6.07) is -1.51. The van der Waals surface area contributed by atoms with E-state index in [1.165, 1.54) is 11.3 Å². The Morgan fingerprint density at radius 2 is 1.30 bits per heavy atom. The first-order valence-corrected chi connectivity index (χ1v) is 23.6. The number of hydrogen-bond donors (Lipinski definition) is 8. The fourth-order valence-electron chi connectivity index (χ4n) is 6.91. The van der Waals surface area contributed by atoms with Crippen molar-refractivity contribution in [2.45, 2.75) is 206 Å². The van der Waals surface area contributed by atoms with E-state index < -0.39 is 58.0 Å². The normalized spacial score (nSPS) is 15.3. The quantitative estimate of drug-likeness (QED) is 0.0533. The Kier molecular flexibility index (Phi) is 22.8. The lowest BCUT2D eigenvalue weighted by atomic mass is 9.97. The summed E-state index contributed by atoms with van der Waals surface area (Å²) in [5.41, 5.74) is 9.28. The van der Waals surface area contributed by atoms with E-state index in [4.69, 9.17) is 20.9 Å². The molecule has 0 fully saturated rings. The zero-order valence-corrected chi connectivity index (χ0v) is 41.0. The van der Waals surface area contributed by atoms with Crippen LogP contribution in [0.2, 0.25) is 0 Å². The van der Waals surface area contributed by atoms with E-state index in [1.807, 2.05) is 55.4 Å². The highest BCUT2D eigenvalue weighted by atomic mass is 32.1. The van der Waals surface area contributed by atoms with Gasteiger partial charge in [0.25, 0.3) is 0 Å². The zero-order chi connectivity index (χ0) is 48.3. The lowest BCUT2D eigenvalue weighted by Crippen LogP contribution is -2.52. The molecule has 0 saturated carbocycles. The standard InChI is InChI=1S/C45H79N9O9S/c1-11-25-48-30-15-16-31-33(28-30)64-41(51-31)52-40(61)32(17-18-34(46)55)50-37(58)14-12-13-36(57)49-29(2)39(60)54-43(5,6)24-27-63-45(9,10)22-20-38(59)53-42(3,4)23-26-62-44(7,8)21-19-35(47)56/h29-30,32,48H,11-28H2,1-10H3,(H2,46,55)(H2,47,56)(H,49,57)(H,50,58)(H,53,59)(H,54,60)(H,51,52,61). The molecule has 7 amide bonds. The molecule has 1 aromatic heterocycles. The van der Waals surface area contributed by atoms with Crippen LogP contribution in [0, 0.1) is 0 Å². The summed E-state index contributed by atoms with van der Waals surface area (Å²) in [4.78, 5) is 93.2.